The van der Waals surface area contributed by atoms with Gasteiger partial charge in [0.2, 0.25) is 0 Å². The molecule has 0 aliphatic carbocycles. The van der Waals surface area contributed by atoms with Crippen molar-refractivity contribution in [1.82, 2.24) is 4.98 Å². The van der Waals surface area contributed by atoms with Crippen LogP contribution >= 0.6 is 11.3 Å². The predicted octanol–water partition coefficient (Wildman–Crippen LogP) is 3.49. The van der Waals surface area contributed by atoms with Crippen LogP contribution in [0.3, 0.4) is 0 Å². The summed E-state index contributed by atoms with van der Waals surface area (Å²) in [7, 11) is 0. The summed E-state index contributed by atoms with van der Waals surface area (Å²) in [6.45, 7) is 5.77. The Labute approximate surface area is 116 Å². The van der Waals surface area contributed by atoms with Crippen LogP contribution in [0.15, 0.2) is 29.6 Å². The molecule has 2 aromatic rings. The normalized spacial score (nSPS) is 10.5. The molecular weight excluding hydrogens is 260 g/mol. The van der Waals surface area contributed by atoms with Gasteiger partial charge in [-0.3, -0.25) is 4.79 Å². The largest absolute Gasteiger partial charge is 0.489 e. The maximum Gasteiger partial charge on any atom is 0.275 e. The maximum atomic E-state index is 12.0. The zero-order valence-electron chi connectivity index (χ0n) is 11.1. The molecule has 1 aromatic heterocycles. The molecule has 1 amide bonds. The van der Waals surface area contributed by atoms with E-state index in [4.69, 9.17) is 4.74 Å². The summed E-state index contributed by atoms with van der Waals surface area (Å²) in [5.74, 6) is 0.446. The van der Waals surface area contributed by atoms with Gasteiger partial charge < -0.3 is 10.1 Å². The average Bonchev–Trinajstić information content (AvgIpc) is 2.78. The number of aromatic nitrogens is 1. The molecule has 0 unspecified atom stereocenters. The van der Waals surface area contributed by atoms with Crippen LogP contribution in [-0.4, -0.2) is 17.0 Å². The number of carbonyl (C=O) groups is 1. The lowest BCUT2D eigenvalue weighted by molar-refractivity contribution is 0.102. The third-order valence-corrected chi connectivity index (χ3v) is 3.12. The summed E-state index contributed by atoms with van der Waals surface area (Å²) in [6.07, 6.45) is 0.0552. The standard InChI is InChI=1S/C14H16N2O2S/c1-9(2)18-13-7-5-4-6-11(13)16-14(17)12-8-19-10(3)15-12/h4-9H,1-3H3,(H,16,17). The minimum Gasteiger partial charge on any atom is -0.489 e. The van der Waals surface area contributed by atoms with Crippen LogP contribution in [-0.2, 0) is 0 Å². The van der Waals surface area contributed by atoms with E-state index in [0.29, 0.717) is 17.1 Å². The Hall–Kier alpha value is -1.88. The van der Waals surface area contributed by atoms with Crippen molar-refractivity contribution in [2.45, 2.75) is 26.9 Å². The average molecular weight is 276 g/mol. The van der Waals surface area contributed by atoms with Crippen molar-refractivity contribution in [1.29, 1.82) is 0 Å². The second-order valence-electron chi connectivity index (χ2n) is 4.37. The number of anilines is 1. The van der Waals surface area contributed by atoms with E-state index in [1.54, 1.807) is 5.38 Å². The van der Waals surface area contributed by atoms with Crippen LogP contribution in [0.25, 0.3) is 0 Å². The Bertz CT molecular complexity index is 578. The van der Waals surface area contributed by atoms with Crippen molar-refractivity contribution in [3.63, 3.8) is 0 Å². The molecule has 5 heteroatoms. The van der Waals surface area contributed by atoms with Crippen molar-refractivity contribution >= 4 is 22.9 Å². The van der Waals surface area contributed by atoms with Crippen molar-refractivity contribution in [3.05, 3.63) is 40.3 Å². The number of para-hydroxylation sites is 2. The monoisotopic (exact) mass is 276 g/mol. The summed E-state index contributed by atoms with van der Waals surface area (Å²) in [5.41, 5.74) is 1.09. The second kappa shape index (κ2) is 5.84. The van der Waals surface area contributed by atoms with Gasteiger partial charge in [0, 0.05) is 5.38 Å². The molecule has 4 nitrogen and oxygen atoms in total. The Morgan fingerprint density at radius 3 is 2.74 bits per heavy atom. The van der Waals surface area contributed by atoms with Crippen molar-refractivity contribution in [3.8, 4) is 5.75 Å². The van der Waals surface area contributed by atoms with Gasteiger partial charge >= 0.3 is 0 Å². The van der Waals surface area contributed by atoms with Gasteiger partial charge in [-0.15, -0.1) is 11.3 Å². The van der Waals surface area contributed by atoms with Crippen LogP contribution in [0.4, 0.5) is 5.69 Å². The number of benzene rings is 1. The van der Waals surface area contributed by atoms with E-state index in [0.717, 1.165) is 5.01 Å². The number of nitrogens with zero attached hydrogens (tertiary/aromatic N) is 1. The SMILES string of the molecule is Cc1nc(C(=O)Nc2ccccc2OC(C)C)cs1. The summed E-state index contributed by atoms with van der Waals surface area (Å²) < 4.78 is 5.65. The van der Waals surface area contributed by atoms with E-state index in [2.05, 4.69) is 10.3 Å². The third-order valence-electron chi connectivity index (χ3n) is 2.35. The first kappa shape index (κ1) is 13.5. The van der Waals surface area contributed by atoms with E-state index >= 15 is 0 Å². The molecule has 19 heavy (non-hydrogen) atoms. The highest BCUT2D eigenvalue weighted by molar-refractivity contribution is 7.09. The lowest BCUT2D eigenvalue weighted by atomic mass is 10.2. The summed E-state index contributed by atoms with van der Waals surface area (Å²) in [6, 6.07) is 7.38. The minimum atomic E-state index is -0.218. The second-order valence-corrected chi connectivity index (χ2v) is 5.43. The third kappa shape index (κ3) is 3.54. The van der Waals surface area contributed by atoms with Gasteiger partial charge in [-0.1, -0.05) is 12.1 Å². The molecule has 0 saturated heterocycles. The van der Waals surface area contributed by atoms with Crippen LogP contribution in [0.2, 0.25) is 0 Å². The van der Waals surface area contributed by atoms with Crippen LogP contribution in [0.5, 0.6) is 5.75 Å². The molecule has 0 bridgehead atoms. The van der Waals surface area contributed by atoms with E-state index in [9.17, 15) is 4.79 Å². The molecule has 1 N–H and O–H groups in total. The van der Waals surface area contributed by atoms with Crippen molar-refractivity contribution in [2.75, 3.05) is 5.32 Å². The van der Waals surface area contributed by atoms with Gasteiger partial charge in [0.25, 0.3) is 5.91 Å². The number of hydrogen-bond donors (Lipinski definition) is 1. The molecule has 0 fully saturated rings. The fraction of sp³-hybridized carbons (Fsp3) is 0.286. The van der Waals surface area contributed by atoms with E-state index in [-0.39, 0.29) is 12.0 Å². The van der Waals surface area contributed by atoms with E-state index in [1.807, 2.05) is 45.0 Å². The number of nitrogens with one attached hydrogen (secondary N) is 1. The zero-order chi connectivity index (χ0) is 13.8. The predicted molar refractivity (Wildman–Crippen MR) is 77.0 cm³/mol. The molecule has 0 radical (unpaired) electrons. The first-order valence-corrected chi connectivity index (χ1v) is 6.93. The van der Waals surface area contributed by atoms with Crippen molar-refractivity contribution < 1.29 is 9.53 Å². The Morgan fingerprint density at radius 1 is 1.37 bits per heavy atom. The molecule has 0 atom stereocenters. The van der Waals surface area contributed by atoms with Gasteiger partial charge in [0.1, 0.15) is 11.4 Å². The summed E-state index contributed by atoms with van der Waals surface area (Å²) >= 11 is 1.45. The molecule has 1 heterocycles. The number of rotatable bonds is 4. The number of thiazole rings is 1. The highest BCUT2D eigenvalue weighted by atomic mass is 32.1. The van der Waals surface area contributed by atoms with Crippen LogP contribution < -0.4 is 10.1 Å². The van der Waals surface area contributed by atoms with Gasteiger partial charge in [-0.2, -0.15) is 0 Å². The fourth-order valence-electron chi connectivity index (χ4n) is 1.58. The number of carbonyl (C=O) groups excluding carboxylic acids is 1. The minimum absolute atomic E-state index is 0.0552. The lowest BCUT2D eigenvalue weighted by Crippen LogP contribution is -2.14. The molecule has 0 aliphatic rings. The Balaban J connectivity index is 2.16. The molecule has 2 rings (SSSR count). The smallest absolute Gasteiger partial charge is 0.275 e. The topological polar surface area (TPSA) is 51.2 Å². The number of hydrogen-bond acceptors (Lipinski definition) is 4. The number of ether oxygens (including phenoxy) is 1. The molecule has 1 aromatic carbocycles. The van der Waals surface area contributed by atoms with E-state index < -0.39 is 0 Å². The fourth-order valence-corrected chi connectivity index (χ4v) is 2.17. The maximum absolute atomic E-state index is 12.0. The number of amides is 1. The van der Waals surface area contributed by atoms with Gasteiger partial charge in [-0.25, -0.2) is 4.98 Å². The molecule has 0 spiro atoms. The highest BCUT2D eigenvalue weighted by Crippen LogP contribution is 2.25. The first-order valence-electron chi connectivity index (χ1n) is 6.05. The lowest BCUT2D eigenvalue weighted by Gasteiger charge is -2.14. The highest BCUT2D eigenvalue weighted by Gasteiger charge is 2.12. The molecule has 0 saturated carbocycles. The Kier molecular flexibility index (Phi) is 4.16. The first-order chi connectivity index (χ1) is 9.06. The zero-order valence-corrected chi connectivity index (χ0v) is 12.0. The van der Waals surface area contributed by atoms with Crippen LogP contribution in [0, 0.1) is 6.92 Å². The van der Waals surface area contributed by atoms with Crippen LogP contribution in [0.1, 0.15) is 29.3 Å². The summed E-state index contributed by atoms with van der Waals surface area (Å²) in [4.78, 5) is 16.2. The number of aryl methyl sites for hydroxylation is 1. The molecular formula is C14H16N2O2S. The van der Waals surface area contributed by atoms with Gasteiger partial charge in [0.05, 0.1) is 16.8 Å². The van der Waals surface area contributed by atoms with Gasteiger partial charge in [0.15, 0.2) is 0 Å². The summed E-state index contributed by atoms with van der Waals surface area (Å²) in [5, 5.41) is 5.44. The molecule has 100 valence electrons. The van der Waals surface area contributed by atoms with E-state index in [1.165, 1.54) is 11.3 Å². The van der Waals surface area contributed by atoms with Crippen molar-refractivity contribution in [2.24, 2.45) is 0 Å². The molecule has 0 aliphatic heterocycles. The quantitative estimate of drug-likeness (QED) is 0.930. The van der Waals surface area contributed by atoms with Gasteiger partial charge in [-0.05, 0) is 32.9 Å². The Morgan fingerprint density at radius 2 is 2.11 bits per heavy atom.